The number of fused-ring (bicyclic) bond motifs is 1. The van der Waals surface area contributed by atoms with Crippen LogP contribution in [0.4, 0.5) is 0 Å². The fraction of sp³-hybridized carbons (Fsp3) is 0.250. The fourth-order valence-electron chi connectivity index (χ4n) is 2.97. The molecule has 0 radical (unpaired) electrons. The lowest BCUT2D eigenvalue weighted by atomic mass is 10.0. The Kier molecular flexibility index (Phi) is 4.86. The second-order valence-electron chi connectivity index (χ2n) is 6.37. The number of aromatic hydroxyl groups is 1. The van der Waals surface area contributed by atoms with Crippen molar-refractivity contribution in [2.75, 3.05) is 28.3 Å². The summed E-state index contributed by atoms with van der Waals surface area (Å²) >= 11 is 0. The molecule has 6 nitrogen and oxygen atoms in total. The van der Waals surface area contributed by atoms with Crippen molar-refractivity contribution in [3.63, 3.8) is 0 Å². The molecule has 0 aliphatic heterocycles. The van der Waals surface area contributed by atoms with Crippen molar-refractivity contribution in [2.45, 2.75) is 6.54 Å². The first-order chi connectivity index (χ1) is 12.5. The topological polar surface area (TPSA) is 73.3 Å². The number of quaternary nitrogens is 1. The Balaban J connectivity index is 2.20. The van der Waals surface area contributed by atoms with Crippen LogP contribution in [0.5, 0.6) is 17.2 Å². The number of hydrogen-bond donors (Lipinski definition) is 2. The molecule has 0 unspecified atom stereocenters. The highest BCUT2D eigenvalue weighted by molar-refractivity contribution is 5.85. The molecule has 0 spiro atoms. The lowest BCUT2D eigenvalue weighted by Gasteiger charge is -2.12. The highest BCUT2D eigenvalue weighted by Gasteiger charge is 2.17. The predicted molar refractivity (Wildman–Crippen MR) is 99.2 cm³/mol. The summed E-state index contributed by atoms with van der Waals surface area (Å²) in [6, 6.07) is 8.40. The summed E-state index contributed by atoms with van der Waals surface area (Å²) in [6.45, 7) is 0.543. The van der Waals surface area contributed by atoms with E-state index in [4.69, 9.17) is 13.9 Å². The third-order valence-corrected chi connectivity index (χ3v) is 4.24. The lowest BCUT2D eigenvalue weighted by molar-refractivity contribution is -0.872. The van der Waals surface area contributed by atoms with Crippen LogP contribution >= 0.6 is 0 Å². The molecule has 1 heterocycles. The zero-order valence-electron chi connectivity index (χ0n) is 15.3. The molecule has 0 aliphatic rings. The third kappa shape index (κ3) is 3.11. The van der Waals surface area contributed by atoms with Gasteiger partial charge >= 0.3 is 0 Å². The number of methoxy groups -OCH3 is 2. The maximum Gasteiger partial charge on any atom is 0.200 e. The first-order valence-electron chi connectivity index (χ1n) is 8.24. The Bertz CT molecular complexity index is 1010. The Morgan fingerprint density at radius 1 is 1.08 bits per heavy atom. The van der Waals surface area contributed by atoms with Gasteiger partial charge in [0.25, 0.3) is 0 Å². The van der Waals surface area contributed by atoms with E-state index in [1.165, 1.54) is 12.3 Å². The van der Waals surface area contributed by atoms with Crippen molar-refractivity contribution in [1.29, 1.82) is 0 Å². The largest absolute Gasteiger partial charge is 0.507 e. The normalized spacial score (nSPS) is 11.1. The summed E-state index contributed by atoms with van der Waals surface area (Å²) in [7, 11) is 7.04. The summed E-state index contributed by atoms with van der Waals surface area (Å²) in [5.74, 6) is 1.25. The lowest BCUT2D eigenvalue weighted by Crippen LogP contribution is -3.04. The summed E-state index contributed by atoms with van der Waals surface area (Å²) in [5, 5.41) is 10.6. The van der Waals surface area contributed by atoms with E-state index in [1.807, 2.05) is 14.1 Å². The van der Waals surface area contributed by atoms with Gasteiger partial charge in [0.1, 0.15) is 24.1 Å². The second kappa shape index (κ2) is 7.09. The van der Waals surface area contributed by atoms with Crippen LogP contribution in [0.1, 0.15) is 5.56 Å². The Labute approximate surface area is 151 Å². The Hall–Kier alpha value is -2.99. The van der Waals surface area contributed by atoms with Gasteiger partial charge in [0.05, 0.1) is 44.8 Å². The molecule has 6 heteroatoms. The van der Waals surface area contributed by atoms with Crippen LogP contribution in [0.15, 0.2) is 45.8 Å². The molecule has 0 fully saturated rings. The maximum absolute atomic E-state index is 13.0. The first kappa shape index (κ1) is 17.8. The molecular weight excluding hydrogens is 334 g/mol. The van der Waals surface area contributed by atoms with E-state index in [0.717, 1.165) is 4.90 Å². The molecular formula is C20H22NO5+. The van der Waals surface area contributed by atoms with Crippen LogP contribution in [0.3, 0.4) is 0 Å². The van der Waals surface area contributed by atoms with Crippen LogP contribution < -0.4 is 19.8 Å². The molecule has 136 valence electrons. The fourth-order valence-corrected chi connectivity index (χ4v) is 2.97. The van der Waals surface area contributed by atoms with Crippen molar-refractivity contribution in [3.05, 3.63) is 52.4 Å². The predicted octanol–water partition coefficient (Wildman–Crippen LogP) is 1.83. The van der Waals surface area contributed by atoms with Gasteiger partial charge in [-0.25, -0.2) is 0 Å². The van der Waals surface area contributed by atoms with Gasteiger partial charge in [0.2, 0.25) is 5.43 Å². The average molecular weight is 356 g/mol. The van der Waals surface area contributed by atoms with Crippen molar-refractivity contribution in [3.8, 4) is 28.4 Å². The van der Waals surface area contributed by atoms with Gasteiger partial charge in [-0.2, -0.15) is 0 Å². The molecule has 0 atom stereocenters. The van der Waals surface area contributed by atoms with E-state index < -0.39 is 0 Å². The van der Waals surface area contributed by atoms with Crippen LogP contribution in [0.25, 0.3) is 22.1 Å². The standard InChI is InChI=1S/C20H21NO5/c1-21(2)10-14-16(22)7-6-13-19(23)15(11-26-20(13)14)12-5-8-17(24-3)18(9-12)25-4/h5-9,11,22H,10H2,1-4H3/p+1. The SMILES string of the molecule is COc1ccc(-c2coc3c(C[NH+](C)C)c(O)ccc3c2=O)cc1OC. The monoisotopic (exact) mass is 356 g/mol. The number of rotatable bonds is 5. The molecule has 3 aromatic rings. The van der Waals surface area contributed by atoms with Gasteiger partial charge in [0.15, 0.2) is 11.5 Å². The van der Waals surface area contributed by atoms with Gasteiger partial charge < -0.3 is 23.9 Å². The highest BCUT2D eigenvalue weighted by atomic mass is 16.5. The van der Waals surface area contributed by atoms with Crippen LogP contribution in [-0.4, -0.2) is 33.4 Å². The Morgan fingerprint density at radius 3 is 2.46 bits per heavy atom. The minimum Gasteiger partial charge on any atom is -0.507 e. The number of nitrogens with one attached hydrogen (secondary N) is 1. The van der Waals surface area contributed by atoms with Crippen LogP contribution in [0, 0.1) is 0 Å². The molecule has 1 aromatic heterocycles. The molecule has 0 amide bonds. The van der Waals surface area contributed by atoms with E-state index in [9.17, 15) is 9.90 Å². The quantitative estimate of drug-likeness (QED) is 0.730. The highest BCUT2D eigenvalue weighted by Crippen LogP contribution is 2.32. The summed E-state index contributed by atoms with van der Waals surface area (Å²) in [4.78, 5) is 14.1. The smallest absolute Gasteiger partial charge is 0.200 e. The molecule has 2 N–H and O–H groups in total. The number of hydrogen-bond acceptors (Lipinski definition) is 5. The number of ether oxygens (including phenoxy) is 2. The van der Waals surface area contributed by atoms with E-state index in [-0.39, 0.29) is 11.2 Å². The van der Waals surface area contributed by atoms with Gasteiger partial charge in [-0.15, -0.1) is 0 Å². The molecule has 3 rings (SSSR count). The summed E-state index contributed by atoms with van der Waals surface area (Å²) in [6.07, 6.45) is 1.43. The second-order valence-corrected chi connectivity index (χ2v) is 6.37. The Morgan fingerprint density at radius 2 is 1.81 bits per heavy atom. The van der Waals surface area contributed by atoms with Crippen molar-refractivity contribution in [1.82, 2.24) is 0 Å². The van der Waals surface area contributed by atoms with Gasteiger partial charge in [0, 0.05) is 0 Å². The third-order valence-electron chi connectivity index (χ3n) is 4.24. The number of phenolic OH excluding ortho intramolecular Hbond substituents is 1. The van der Waals surface area contributed by atoms with Crippen molar-refractivity contribution < 1.29 is 23.9 Å². The summed E-state index contributed by atoms with van der Waals surface area (Å²) in [5.41, 5.74) is 1.98. The molecule has 0 aliphatic carbocycles. The van der Waals surface area contributed by atoms with E-state index in [1.54, 1.807) is 38.5 Å². The molecule has 0 saturated carbocycles. The number of phenols is 1. The molecule has 0 saturated heterocycles. The molecule has 2 aromatic carbocycles. The minimum absolute atomic E-state index is 0.126. The summed E-state index contributed by atoms with van der Waals surface area (Å²) < 4.78 is 16.3. The average Bonchev–Trinajstić information content (AvgIpc) is 2.63. The van der Waals surface area contributed by atoms with Crippen molar-refractivity contribution in [2.24, 2.45) is 0 Å². The van der Waals surface area contributed by atoms with E-state index in [0.29, 0.717) is 45.7 Å². The zero-order chi connectivity index (χ0) is 18.8. The van der Waals surface area contributed by atoms with E-state index >= 15 is 0 Å². The number of benzene rings is 2. The molecule has 0 bridgehead atoms. The van der Waals surface area contributed by atoms with Crippen LogP contribution in [-0.2, 0) is 6.54 Å². The maximum atomic E-state index is 13.0. The van der Waals surface area contributed by atoms with Crippen LogP contribution in [0.2, 0.25) is 0 Å². The minimum atomic E-state index is -0.159. The van der Waals surface area contributed by atoms with Crippen molar-refractivity contribution >= 4 is 11.0 Å². The first-order valence-corrected chi connectivity index (χ1v) is 8.24. The van der Waals surface area contributed by atoms with Gasteiger partial charge in [-0.1, -0.05) is 6.07 Å². The molecule has 26 heavy (non-hydrogen) atoms. The van der Waals surface area contributed by atoms with Gasteiger partial charge in [-0.05, 0) is 29.8 Å². The van der Waals surface area contributed by atoms with E-state index in [2.05, 4.69) is 0 Å². The zero-order valence-corrected chi connectivity index (χ0v) is 15.3. The van der Waals surface area contributed by atoms with Gasteiger partial charge in [-0.3, -0.25) is 4.79 Å².